The zero-order valence-corrected chi connectivity index (χ0v) is 13.9. The van der Waals surface area contributed by atoms with E-state index in [0.29, 0.717) is 10.8 Å². The van der Waals surface area contributed by atoms with Crippen molar-refractivity contribution < 1.29 is 24.5 Å². The quantitative estimate of drug-likeness (QED) is 0.578. The van der Waals surface area contributed by atoms with E-state index in [1.165, 1.54) is 0 Å². The largest absolute Gasteiger partial charge is 0.507 e. The van der Waals surface area contributed by atoms with Crippen LogP contribution in [-0.4, -0.2) is 34.7 Å². The van der Waals surface area contributed by atoms with Gasteiger partial charge in [0.1, 0.15) is 17.1 Å². The van der Waals surface area contributed by atoms with E-state index in [4.69, 9.17) is 4.74 Å². The highest BCUT2D eigenvalue weighted by Gasteiger charge is 2.19. The normalized spacial score (nSPS) is 12.2. The number of carbonyl (C=O) groups is 2. The Hall–Kier alpha value is -2.76. The summed E-state index contributed by atoms with van der Waals surface area (Å²) in [6, 6.07) is 7.68. The highest BCUT2D eigenvalue weighted by atomic mass is 16.5. The molecule has 6 heteroatoms. The summed E-state index contributed by atoms with van der Waals surface area (Å²) in [5.41, 5.74) is -0.184. The Morgan fingerprint density at radius 1 is 1.12 bits per heavy atom. The van der Waals surface area contributed by atoms with Crippen LogP contribution < -0.4 is 5.32 Å². The lowest BCUT2D eigenvalue weighted by molar-refractivity contribution is -0.125. The number of amides is 1. The Morgan fingerprint density at radius 3 is 2.38 bits per heavy atom. The summed E-state index contributed by atoms with van der Waals surface area (Å²) in [5, 5.41) is 23.7. The highest BCUT2D eigenvalue weighted by molar-refractivity contribution is 6.04. The van der Waals surface area contributed by atoms with Gasteiger partial charge in [-0.2, -0.15) is 0 Å². The molecule has 6 nitrogen and oxygen atoms in total. The van der Waals surface area contributed by atoms with Gasteiger partial charge < -0.3 is 20.3 Å². The van der Waals surface area contributed by atoms with Gasteiger partial charge in [-0.1, -0.05) is 38.1 Å². The SMILES string of the molecule is CC(C)[C@@H](C)NC(=O)COC(=O)c1cc(O)c2ccccc2c1O. The van der Waals surface area contributed by atoms with Gasteiger partial charge in [0.25, 0.3) is 5.91 Å². The number of hydrogen-bond acceptors (Lipinski definition) is 5. The molecule has 2 aromatic rings. The summed E-state index contributed by atoms with van der Waals surface area (Å²) in [5.74, 6) is -1.47. The zero-order valence-electron chi connectivity index (χ0n) is 13.9. The molecule has 0 bridgehead atoms. The van der Waals surface area contributed by atoms with Crippen LogP contribution in [0.15, 0.2) is 30.3 Å². The fraction of sp³-hybridized carbons (Fsp3) is 0.333. The summed E-state index contributed by atoms with van der Waals surface area (Å²) in [6.45, 7) is 5.33. The average Bonchev–Trinajstić information content (AvgIpc) is 2.55. The standard InChI is InChI=1S/C18H21NO5/c1-10(2)11(3)19-16(21)9-24-18(23)14-8-15(20)12-6-4-5-7-13(12)17(14)22/h4-8,10-11,20,22H,9H2,1-3H3,(H,19,21)/t11-/m1/s1. The molecule has 0 saturated heterocycles. The minimum Gasteiger partial charge on any atom is -0.507 e. The van der Waals surface area contributed by atoms with Gasteiger partial charge in [-0.15, -0.1) is 0 Å². The van der Waals surface area contributed by atoms with E-state index < -0.39 is 18.5 Å². The second-order valence-electron chi connectivity index (χ2n) is 6.01. The second kappa shape index (κ2) is 7.21. The first kappa shape index (κ1) is 17.6. The van der Waals surface area contributed by atoms with Crippen molar-refractivity contribution in [3.8, 4) is 11.5 Å². The van der Waals surface area contributed by atoms with Crippen LogP contribution in [0, 0.1) is 5.92 Å². The third-order valence-corrected chi connectivity index (χ3v) is 3.94. The van der Waals surface area contributed by atoms with E-state index in [1.807, 2.05) is 20.8 Å². The van der Waals surface area contributed by atoms with Crippen molar-refractivity contribution in [3.05, 3.63) is 35.9 Å². The number of nitrogens with one attached hydrogen (secondary N) is 1. The van der Waals surface area contributed by atoms with E-state index in [-0.39, 0.29) is 29.0 Å². The van der Waals surface area contributed by atoms with Crippen LogP contribution in [0.2, 0.25) is 0 Å². The van der Waals surface area contributed by atoms with Crippen molar-refractivity contribution in [1.82, 2.24) is 5.32 Å². The molecule has 0 saturated carbocycles. The van der Waals surface area contributed by atoms with Gasteiger partial charge in [-0.3, -0.25) is 4.79 Å². The Morgan fingerprint density at radius 2 is 1.75 bits per heavy atom. The second-order valence-corrected chi connectivity index (χ2v) is 6.01. The maximum absolute atomic E-state index is 12.1. The topological polar surface area (TPSA) is 95.9 Å². The molecule has 3 N–H and O–H groups in total. The minimum absolute atomic E-state index is 0.0469. The van der Waals surface area contributed by atoms with Crippen molar-refractivity contribution in [1.29, 1.82) is 0 Å². The molecule has 0 heterocycles. The molecule has 0 unspecified atom stereocenters. The smallest absolute Gasteiger partial charge is 0.342 e. The number of phenols is 2. The first-order chi connectivity index (χ1) is 11.3. The molecule has 0 fully saturated rings. The molecule has 2 rings (SSSR count). The van der Waals surface area contributed by atoms with Crippen molar-refractivity contribution >= 4 is 22.6 Å². The number of aromatic hydroxyl groups is 2. The first-order valence-corrected chi connectivity index (χ1v) is 7.71. The van der Waals surface area contributed by atoms with Gasteiger partial charge in [0, 0.05) is 16.8 Å². The van der Waals surface area contributed by atoms with E-state index in [0.717, 1.165) is 6.07 Å². The Balaban J connectivity index is 2.12. The fourth-order valence-electron chi connectivity index (χ4n) is 2.17. The fourth-order valence-corrected chi connectivity index (χ4v) is 2.17. The van der Waals surface area contributed by atoms with Gasteiger partial charge in [0.2, 0.25) is 0 Å². The van der Waals surface area contributed by atoms with Crippen LogP contribution in [-0.2, 0) is 9.53 Å². The summed E-state index contributed by atoms with van der Waals surface area (Å²) in [7, 11) is 0. The molecule has 0 spiro atoms. The third kappa shape index (κ3) is 3.76. The van der Waals surface area contributed by atoms with Crippen LogP contribution in [0.4, 0.5) is 0 Å². The predicted molar refractivity (Wildman–Crippen MR) is 90.0 cm³/mol. The Bertz CT molecular complexity index is 769. The molecule has 2 aromatic carbocycles. The van der Waals surface area contributed by atoms with Gasteiger partial charge in [-0.25, -0.2) is 4.79 Å². The van der Waals surface area contributed by atoms with Gasteiger partial charge >= 0.3 is 5.97 Å². The third-order valence-electron chi connectivity index (χ3n) is 3.94. The molecule has 0 aliphatic heterocycles. The molecule has 128 valence electrons. The van der Waals surface area contributed by atoms with Gasteiger partial charge in [0.15, 0.2) is 6.61 Å². The van der Waals surface area contributed by atoms with Crippen molar-refractivity contribution in [2.24, 2.45) is 5.92 Å². The van der Waals surface area contributed by atoms with Crippen molar-refractivity contribution in [2.75, 3.05) is 6.61 Å². The van der Waals surface area contributed by atoms with E-state index in [9.17, 15) is 19.8 Å². The summed E-state index contributed by atoms with van der Waals surface area (Å²) < 4.78 is 4.93. The van der Waals surface area contributed by atoms with Crippen LogP contribution in [0.3, 0.4) is 0 Å². The predicted octanol–water partition coefficient (Wildman–Crippen LogP) is 2.57. The molecule has 0 aliphatic rings. The average molecular weight is 331 g/mol. The molecule has 24 heavy (non-hydrogen) atoms. The number of carbonyl (C=O) groups excluding carboxylic acids is 2. The number of ether oxygens (including phenoxy) is 1. The molecule has 0 aromatic heterocycles. The lowest BCUT2D eigenvalue weighted by Gasteiger charge is -2.17. The molecule has 0 aliphatic carbocycles. The van der Waals surface area contributed by atoms with Crippen molar-refractivity contribution in [2.45, 2.75) is 26.8 Å². The lowest BCUT2D eigenvalue weighted by Crippen LogP contribution is -2.38. The lowest BCUT2D eigenvalue weighted by atomic mass is 10.0. The Kier molecular flexibility index (Phi) is 5.28. The van der Waals surface area contributed by atoms with Gasteiger partial charge in [-0.05, 0) is 18.9 Å². The number of phenolic OH excluding ortho intramolecular Hbond substituents is 2. The molecule has 1 amide bonds. The molecular formula is C18H21NO5. The maximum atomic E-state index is 12.1. The molecule has 0 radical (unpaired) electrons. The summed E-state index contributed by atoms with van der Waals surface area (Å²) in [4.78, 5) is 23.9. The Labute approximate surface area is 140 Å². The highest BCUT2D eigenvalue weighted by Crippen LogP contribution is 2.35. The van der Waals surface area contributed by atoms with Crippen LogP contribution in [0.25, 0.3) is 10.8 Å². The van der Waals surface area contributed by atoms with E-state index in [1.54, 1.807) is 24.3 Å². The van der Waals surface area contributed by atoms with E-state index >= 15 is 0 Å². The number of hydrogen-bond donors (Lipinski definition) is 3. The zero-order chi connectivity index (χ0) is 17.9. The van der Waals surface area contributed by atoms with E-state index in [2.05, 4.69) is 5.32 Å². The van der Waals surface area contributed by atoms with Crippen LogP contribution >= 0.6 is 0 Å². The number of fused-ring (bicyclic) bond motifs is 1. The number of benzene rings is 2. The number of rotatable bonds is 5. The van der Waals surface area contributed by atoms with Crippen molar-refractivity contribution in [3.63, 3.8) is 0 Å². The molecule has 1 atom stereocenters. The number of esters is 1. The summed E-state index contributed by atoms with van der Waals surface area (Å²) >= 11 is 0. The molecular weight excluding hydrogens is 310 g/mol. The maximum Gasteiger partial charge on any atom is 0.342 e. The minimum atomic E-state index is -0.874. The van der Waals surface area contributed by atoms with Gasteiger partial charge in [0.05, 0.1) is 0 Å². The first-order valence-electron chi connectivity index (χ1n) is 7.71. The summed E-state index contributed by atoms with van der Waals surface area (Å²) in [6.07, 6.45) is 0. The van der Waals surface area contributed by atoms with Crippen LogP contribution in [0.1, 0.15) is 31.1 Å². The monoisotopic (exact) mass is 331 g/mol. The van der Waals surface area contributed by atoms with Crippen LogP contribution in [0.5, 0.6) is 11.5 Å².